The summed E-state index contributed by atoms with van der Waals surface area (Å²) < 4.78 is 2.01. The molecule has 0 bridgehead atoms. The van der Waals surface area contributed by atoms with E-state index in [-0.39, 0.29) is 0 Å². The van der Waals surface area contributed by atoms with E-state index in [0.717, 1.165) is 18.0 Å². The highest BCUT2D eigenvalue weighted by Crippen LogP contribution is 2.15. The minimum Gasteiger partial charge on any atom is -0.296 e. The van der Waals surface area contributed by atoms with Crippen molar-refractivity contribution in [2.75, 3.05) is 13.1 Å². The van der Waals surface area contributed by atoms with Crippen LogP contribution in [0.2, 0.25) is 5.02 Å². The number of halogens is 1. The molecule has 0 unspecified atom stereocenters. The first-order valence-electron chi connectivity index (χ1n) is 6.04. The van der Waals surface area contributed by atoms with Crippen LogP contribution in [0.25, 0.3) is 5.65 Å². The summed E-state index contributed by atoms with van der Waals surface area (Å²) in [5, 5.41) is 9.09. The number of nitrogens with zero attached hydrogens (tertiary/aromatic N) is 4. The Kier molecular flexibility index (Phi) is 2.99. The molecule has 3 rings (SSSR count). The monoisotopic (exact) mass is 250 g/mol. The van der Waals surface area contributed by atoms with E-state index in [1.807, 2.05) is 22.7 Å². The fraction of sp³-hybridized carbons (Fsp3) is 0.500. The second kappa shape index (κ2) is 4.63. The van der Waals surface area contributed by atoms with Crippen LogP contribution in [-0.4, -0.2) is 32.6 Å². The Morgan fingerprint density at radius 1 is 1.18 bits per heavy atom. The van der Waals surface area contributed by atoms with Gasteiger partial charge in [-0.15, -0.1) is 10.2 Å². The van der Waals surface area contributed by atoms with Crippen molar-refractivity contribution in [2.24, 2.45) is 0 Å². The van der Waals surface area contributed by atoms with Gasteiger partial charge in [-0.3, -0.25) is 9.30 Å². The molecular formula is C12H15ClN4. The van der Waals surface area contributed by atoms with Crippen LogP contribution < -0.4 is 0 Å². The summed E-state index contributed by atoms with van der Waals surface area (Å²) in [6, 6.07) is 3.71. The highest BCUT2D eigenvalue weighted by molar-refractivity contribution is 6.30. The summed E-state index contributed by atoms with van der Waals surface area (Å²) in [6.07, 6.45) is 5.88. The summed E-state index contributed by atoms with van der Waals surface area (Å²) in [5.74, 6) is 0.999. The van der Waals surface area contributed by atoms with E-state index in [2.05, 4.69) is 15.1 Å². The minimum absolute atomic E-state index is 0.703. The van der Waals surface area contributed by atoms with Crippen LogP contribution in [0, 0.1) is 0 Å². The van der Waals surface area contributed by atoms with Crippen LogP contribution in [0.5, 0.6) is 0 Å². The van der Waals surface area contributed by atoms with Crippen LogP contribution >= 0.6 is 11.6 Å². The molecule has 1 saturated heterocycles. The molecule has 0 radical (unpaired) electrons. The first kappa shape index (κ1) is 11.0. The van der Waals surface area contributed by atoms with Crippen LogP contribution in [0.1, 0.15) is 25.1 Å². The highest BCUT2D eigenvalue weighted by Gasteiger charge is 2.14. The van der Waals surface area contributed by atoms with Crippen LogP contribution in [0.15, 0.2) is 18.3 Å². The average Bonchev–Trinajstić information content (AvgIpc) is 2.73. The van der Waals surface area contributed by atoms with E-state index in [1.54, 1.807) is 0 Å². The SMILES string of the molecule is Clc1ccn2c(CN3CCCCC3)nnc2c1. The van der Waals surface area contributed by atoms with Gasteiger partial charge in [-0.05, 0) is 32.0 Å². The molecule has 0 N–H and O–H groups in total. The fourth-order valence-corrected chi connectivity index (χ4v) is 2.49. The molecule has 4 nitrogen and oxygen atoms in total. The lowest BCUT2D eigenvalue weighted by Crippen LogP contribution is -2.29. The van der Waals surface area contributed by atoms with Gasteiger partial charge >= 0.3 is 0 Å². The Morgan fingerprint density at radius 2 is 2.00 bits per heavy atom. The highest BCUT2D eigenvalue weighted by atomic mass is 35.5. The molecule has 0 spiro atoms. The second-order valence-corrected chi connectivity index (χ2v) is 4.96. The van der Waals surface area contributed by atoms with Crippen molar-refractivity contribution in [3.63, 3.8) is 0 Å². The van der Waals surface area contributed by atoms with Crippen molar-refractivity contribution < 1.29 is 0 Å². The molecule has 0 atom stereocenters. The zero-order valence-electron chi connectivity index (χ0n) is 9.64. The number of fused-ring (bicyclic) bond motifs is 1. The third kappa shape index (κ3) is 2.28. The van der Waals surface area contributed by atoms with Crippen molar-refractivity contribution in [1.82, 2.24) is 19.5 Å². The molecule has 2 aromatic heterocycles. The molecule has 0 saturated carbocycles. The maximum Gasteiger partial charge on any atom is 0.162 e. The number of pyridine rings is 1. The zero-order valence-corrected chi connectivity index (χ0v) is 10.4. The lowest BCUT2D eigenvalue weighted by Gasteiger charge is -2.25. The quantitative estimate of drug-likeness (QED) is 0.821. The third-order valence-electron chi connectivity index (χ3n) is 3.26. The number of likely N-dealkylation sites (tertiary alicyclic amines) is 1. The van der Waals surface area contributed by atoms with Crippen molar-refractivity contribution >= 4 is 17.2 Å². The van der Waals surface area contributed by atoms with Crippen molar-refractivity contribution in [3.05, 3.63) is 29.2 Å². The lowest BCUT2D eigenvalue weighted by atomic mass is 10.1. The van der Waals surface area contributed by atoms with Crippen molar-refractivity contribution in [2.45, 2.75) is 25.8 Å². The molecule has 3 heterocycles. The van der Waals surface area contributed by atoms with Gasteiger partial charge in [-0.1, -0.05) is 18.0 Å². The lowest BCUT2D eigenvalue weighted by molar-refractivity contribution is 0.215. The number of hydrogen-bond donors (Lipinski definition) is 0. The Hall–Kier alpha value is -1.13. The van der Waals surface area contributed by atoms with E-state index in [0.29, 0.717) is 5.02 Å². The molecule has 90 valence electrons. The second-order valence-electron chi connectivity index (χ2n) is 4.53. The summed E-state index contributed by atoms with van der Waals surface area (Å²) in [7, 11) is 0. The molecule has 0 aliphatic carbocycles. The number of aromatic nitrogens is 3. The van der Waals surface area contributed by atoms with E-state index in [4.69, 9.17) is 11.6 Å². The zero-order chi connectivity index (χ0) is 11.7. The predicted molar refractivity (Wildman–Crippen MR) is 67.1 cm³/mol. The molecular weight excluding hydrogens is 236 g/mol. The summed E-state index contributed by atoms with van der Waals surface area (Å²) in [5.41, 5.74) is 0.824. The van der Waals surface area contributed by atoms with Gasteiger partial charge in [0.25, 0.3) is 0 Å². The third-order valence-corrected chi connectivity index (χ3v) is 3.49. The molecule has 0 amide bonds. The van der Waals surface area contributed by atoms with Gasteiger partial charge in [-0.2, -0.15) is 0 Å². The van der Waals surface area contributed by atoms with Crippen LogP contribution in [-0.2, 0) is 6.54 Å². The van der Waals surface area contributed by atoms with Gasteiger partial charge in [0.05, 0.1) is 6.54 Å². The normalized spacial score (nSPS) is 17.7. The topological polar surface area (TPSA) is 33.4 Å². The largest absolute Gasteiger partial charge is 0.296 e. The molecule has 5 heteroatoms. The Balaban J connectivity index is 1.84. The van der Waals surface area contributed by atoms with Gasteiger partial charge in [0.15, 0.2) is 11.5 Å². The minimum atomic E-state index is 0.703. The Bertz CT molecular complexity index is 516. The molecule has 1 aliphatic heterocycles. The fourth-order valence-electron chi connectivity index (χ4n) is 2.34. The van der Waals surface area contributed by atoms with Crippen molar-refractivity contribution in [1.29, 1.82) is 0 Å². The van der Waals surface area contributed by atoms with Gasteiger partial charge in [0.1, 0.15) is 0 Å². The van der Waals surface area contributed by atoms with E-state index >= 15 is 0 Å². The standard InChI is InChI=1S/C12H15ClN4/c13-10-4-7-17-11(8-10)14-15-12(17)9-16-5-2-1-3-6-16/h4,7-8H,1-3,5-6,9H2. The van der Waals surface area contributed by atoms with Crippen LogP contribution in [0.3, 0.4) is 0 Å². The molecule has 1 fully saturated rings. The summed E-state index contributed by atoms with van der Waals surface area (Å²) in [6.45, 7) is 3.22. The number of rotatable bonds is 2. The smallest absolute Gasteiger partial charge is 0.162 e. The molecule has 0 aromatic carbocycles. The molecule has 17 heavy (non-hydrogen) atoms. The molecule has 2 aromatic rings. The first-order valence-corrected chi connectivity index (χ1v) is 6.42. The maximum absolute atomic E-state index is 5.93. The van der Waals surface area contributed by atoms with Crippen molar-refractivity contribution in [3.8, 4) is 0 Å². The van der Waals surface area contributed by atoms with E-state index < -0.39 is 0 Å². The maximum atomic E-state index is 5.93. The van der Waals surface area contributed by atoms with Crippen LogP contribution in [0.4, 0.5) is 0 Å². The van der Waals surface area contributed by atoms with Gasteiger partial charge in [0.2, 0.25) is 0 Å². The average molecular weight is 251 g/mol. The number of piperidine rings is 1. The first-order chi connectivity index (χ1) is 8.33. The van der Waals surface area contributed by atoms with E-state index in [1.165, 1.54) is 32.4 Å². The van der Waals surface area contributed by atoms with Gasteiger partial charge in [0, 0.05) is 17.3 Å². The Morgan fingerprint density at radius 3 is 2.82 bits per heavy atom. The summed E-state index contributed by atoms with van der Waals surface area (Å²) in [4.78, 5) is 2.44. The predicted octanol–water partition coefficient (Wildman–Crippen LogP) is 2.37. The molecule has 1 aliphatic rings. The van der Waals surface area contributed by atoms with E-state index in [9.17, 15) is 0 Å². The summed E-state index contributed by atoms with van der Waals surface area (Å²) >= 11 is 5.93. The number of hydrogen-bond acceptors (Lipinski definition) is 3. The Labute approximate surface area is 105 Å². The van der Waals surface area contributed by atoms with Gasteiger partial charge < -0.3 is 0 Å². The van der Waals surface area contributed by atoms with Gasteiger partial charge in [-0.25, -0.2) is 0 Å².